The van der Waals surface area contributed by atoms with Crippen LogP contribution in [0.4, 0.5) is 10.1 Å². The van der Waals surface area contributed by atoms with E-state index >= 15 is 0 Å². The van der Waals surface area contributed by atoms with Gasteiger partial charge in [0.15, 0.2) is 5.82 Å². The molecule has 0 spiro atoms. The Labute approximate surface area is 101 Å². The SMILES string of the molecule is O=S(=O)(Nc1ccc(O)cc1F)c1cccs1. The van der Waals surface area contributed by atoms with Gasteiger partial charge in [-0.05, 0) is 23.6 Å². The van der Waals surface area contributed by atoms with Gasteiger partial charge in [-0.15, -0.1) is 11.3 Å². The Morgan fingerprint density at radius 3 is 2.65 bits per heavy atom. The summed E-state index contributed by atoms with van der Waals surface area (Å²) in [4.78, 5) is 0. The number of hydrogen-bond acceptors (Lipinski definition) is 4. The Balaban J connectivity index is 2.33. The number of nitrogens with one attached hydrogen (secondary N) is 1. The average Bonchev–Trinajstić information content (AvgIpc) is 2.76. The summed E-state index contributed by atoms with van der Waals surface area (Å²) in [6.45, 7) is 0. The lowest BCUT2D eigenvalue weighted by Crippen LogP contribution is -2.12. The second-order valence-corrected chi connectivity index (χ2v) is 6.06. The molecule has 17 heavy (non-hydrogen) atoms. The maximum Gasteiger partial charge on any atom is 0.271 e. The summed E-state index contributed by atoms with van der Waals surface area (Å²) in [5.74, 6) is -1.09. The first kappa shape index (κ1) is 11.9. The smallest absolute Gasteiger partial charge is 0.271 e. The number of phenols is 1. The number of thiophene rings is 1. The molecule has 0 unspecified atom stereocenters. The highest BCUT2D eigenvalue weighted by atomic mass is 32.2. The summed E-state index contributed by atoms with van der Waals surface area (Å²) >= 11 is 1.04. The van der Waals surface area contributed by atoms with Crippen LogP contribution in [-0.4, -0.2) is 13.5 Å². The molecule has 2 aromatic rings. The predicted octanol–water partition coefficient (Wildman–Crippen LogP) is 2.39. The van der Waals surface area contributed by atoms with E-state index in [1.807, 2.05) is 0 Å². The van der Waals surface area contributed by atoms with E-state index in [0.29, 0.717) is 0 Å². The second kappa shape index (κ2) is 4.34. The topological polar surface area (TPSA) is 66.4 Å². The Morgan fingerprint density at radius 1 is 1.29 bits per heavy atom. The standard InChI is InChI=1S/C10H8FNO3S2/c11-8-6-7(13)3-4-9(8)12-17(14,15)10-2-1-5-16-10/h1-6,12-13H. The van der Waals surface area contributed by atoms with Crippen molar-refractivity contribution in [1.29, 1.82) is 0 Å². The number of aromatic hydroxyl groups is 1. The average molecular weight is 273 g/mol. The lowest BCUT2D eigenvalue weighted by Gasteiger charge is -2.07. The molecule has 0 saturated carbocycles. The van der Waals surface area contributed by atoms with Crippen LogP contribution in [-0.2, 0) is 10.0 Å². The molecule has 0 amide bonds. The third kappa shape index (κ3) is 2.56. The number of phenolic OH excluding ortho intramolecular Hbond substituents is 1. The number of hydrogen-bond donors (Lipinski definition) is 2. The molecule has 1 aromatic carbocycles. The van der Waals surface area contributed by atoms with Gasteiger partial charge in [-0.1, -0.05) is 6.07 Å². The Hall–Kier alpha value is -1.60. The summed E-state index contributed by atoms with van der Waals surface area (Å²) in [6, 6.07) is 6.22. The van der Waals surface area contributed by atoms with Crippen molar-refractivity contribution in [1.82, 2.24) is 0 Å². The van der Waals surface area contributed by atoms with E-state index in [4.69, 9.17) is 5.11 Å². The molecule has 0 saturated heterocycles. The number of anilines is 1. The third-order valence-electron chi connectivity index (χ3n) is 1.96. The molecule has 2 N–H and O–H groups in total. The van der Waals surface area contributed by atoms with Gasteiger partial charge in [0, 0.05) is 6.07 Å². The molecule has 0 aliphatic rings. The van der Waals surface area contributed by atoms with E-state index in [1.54, 1.807) is 11.4 Å². The Kier molecular flexibility index (Phi) is 3.03. The van der Waals surface area contributed by atoms with E-state index in [-0.39, 0.29) is 15.6 Å². The summed E-state index contributed by atoms with van der Waals surface area (Å²) in [6.07, 6.45) is 0. The van der Waals surface area contributed by atoms with Crippen LogP contribution >= 0.6 is 11.3 Å². The van der Waals surface area contributed by atoms with Crippen LogP contribution in [0.2, 0.25) is 0 Å². The fourth-order valence-electron chi connectivity index (χ4n) is 1.20. The van der Waals surface area contributed by atoms with Crippen molar-refractivity contribution in [2.75, 3.05) is 4.72 Å². The molecule has 1 aromatic heterocycles. The van der Waals surface area contributed by atoms with Crippen LogP contribution in [0.15, 0.2) is 39.9 Å². The first-order valence-corrected chi connectivity index (χ1v) is 6.90. The molecule has 7 heteroatoms. The lowest BCUT2D eigenvalue weighted by atomic mass is 10.3. The van der Waals surface area contributed by atoms with Gasteiger partial charge in [0.05, 0.1) is 5.69 Å². The monoisotopic (exact) mass is 273 g/mol. The van der Waals surface area contributed by atoms with Crippen molar-refractivity contribution in [2.24, 2.45) is 0 Å². The van der Waals surface area contributed by atoms with Crippen LogP contribution in [0, 0.1) is 5.82 Å². The third-order valence-corrected chi connectivity index (χ3v) is 4.72. The van der Waals surface area contributed by atoms with Crippen molar-refractivity contribution in [3.05, 3.63) is 41.5 Å². The Morgan fingerprint density at radius 2 is 2.06 bits per heavy atom. The maximum atomic E-state index is 13.3. The molecule has 0 aliphatic heterocycles. The van der Waals surface area contributed by atoms with Crippen LogP contribution in [0.5, 0.6) is 5.75 Å². The quantitative estimate of drug-likeness (QED) is 0.844. The van der Waals surface area contributed by atoms with Crippen molar-refractivity contribution in [3.8, 4) is 5.75 Å². The fraction of sp³-hybridized carbons (Fsp3) is 0. The van der Waals surface area contributed by atoms with Crippen LogP contribution in [0.25, 0.3) is 0 Å². The lowest BCUT2D eigenvalue weighted by molar-refractivity contribution is 0.469. The van der Waals surface area contributed by atoms with Gasteiger partial charge in [-0.25, -0.2) is 12.8 Å². The highest BCUT2D eigenvalue weighted by Crippen LogP contribution is 2.24. The molecule has 0 radical (unpaired) electrons. The second-order valence-electron chi connectivity index (χ2n) is 3.20. The molecule has 90 valence electrons. The number of sulfonamides is 1. The van der Waals surface area contributed by atoms with E-state index < -0.39 is 15.8 Å². The van der Waals surface area contributed by atoms with Crippen LogP contribution in [0.3, 0.4) is 0 Å². The van der Waals surface area contributed by atoms with Gasteiger partial charge in [0.2, 0.25) is 0 Å². The molecule has 1 heterocycles. The van der Waals surface area contributed by atoms with E-state index in [1.165, 1.54) is 12.1 Å². The van der Waals surface area contributed by atoms with Crippen LogP contribution < -0.4 is 4.72 Å². The van der Waals surface area contributed by atoms with Gasteiger partial charge < -0.3 is 5.11 Å². The summed E-state index contributed by atoms with van der Waals surface area (Å²) in [5.41, 5.74) is -0.198. The predicted molar refractivity (Wildman–Crippen MR) is 63.2 cm³/mol. The zero-order chi connectivity index (χ0) is 12.5. The zero-order valence-electron chi connectivity index (χ0n) is 8.42. The van der Waals surface area contributed by atoms with E-state index in [2.05, 4.69) is 4.72 Å². The molecule has 4 nitrogen and oxygen atoms in total. The molecule has 0 fully saturated rings. The molecule has 0 aliphatic carbocycles. The van der Waals surface area contributed by atoms with Gasteiger partial charge >= 0.3 is 0 Å². The van der Waals surface area contributed by atoms with Gasteiger partial charge in [0.25, 0.3) is 10.0 Å². The normalized spacial score (nSPS) is 11.4. The van der Waals surface area contributed by atoms with Gasteiger partial charge in [-0.2, -0.15) is 0 Å². The van der Waals surface area contributed by atoms with Gasteiger partial charge in [0.1, 0.15) is 9.96 Å². The van der Waals surface area contributed by atoms with Crippen molar-refractivity contribution < 1.29 is 17.9 Å². The van der Waals surface area contributed by atoms with Crippen LogP contribution in [0.1, 0.15) is 0 Å². The molecular weight excluding hydrogens is 265 g/mol. The minimum atomic E-state index is -3.76. The van der Waals surface area contributed by atoms with E-state index in [9.17, 15) is 12.8 Å². The van der Waals surface area contributed by atoms with Crippen molar-refractivity contribution >= 4 is 27.0 Å². The Bertz CT molecular complexity index is 623. The fourth-order valence-corrected chi connectivity index (χ4v) is 3.26. The summed E-state index contributed by atoms with van der Waals surface area (Å²) in [7, 11) is -3.76. The maximum absolute atomic E-state index is 13.3. The largest absolute Gasteiger partial charge is 0.508 e. The summed E-state index contributed by atoms with van der Waals surface area (Å²) in [5, 5.41) is 10.6. The highest BCUT2D eigenvalue weighted by Gasteiger charge is 2.17. The first-order valence-electron chi connectivity index (χ1n) is 4.54. The minimum absolute atomic E-state index is 0.102. The summed E-state index contributed by atoms with van der Waals surface area (Å²) < 4.78 is 39.1. The first-order chi connectivity index (χ1) is 7.99. The number of halogens is 1. The molecule has 2 rings (SSSR count). The molecule has 0 atom stereocenters. The van der Waals surface area contributed by atoms with E-state index in [0.717, 1.165) is 23.5 Å². The number of benzene rings is 1. The van der Waals surface area contributed by atoms with Gasteiger partial charge in [-0.3, -0.25) is 4.72 Å². The van der Waals surface area contributed by atoms with Crippen molar-refractivity contribution in [2.45, 2.75) is 4.21 Å². The highest BCUT2D eigenvalue weighted by molar-refractivity contribution is 7.94. The minimum Gasteiger partial charge on any atom is -0.508 e. The van der Waals surface area contributed by atoms with Crippen molar-refractivity contribution in [3.63, 3.8) is 0 Å². The molecular formula is C10H8FNO3S2. The molecule has 0 bridgehead atoms. The number of rotatable bonds is 3. The zero-order valence-corrected chi connectivity index (χ0v) is 10.1.